The van der Waals surface area contributed by atoms with Gasteiger partial charge >= 0.3 is 11.9 Å². The van der Waals surface area contributed by atoms with E-state index in [1.54, 1.807) is 0 Å². The van der Waals surface area contributed by atoms with Crippen molar-refractivity contribution in [3.05, 3.63) is 0 Å². The van der Waals surface area contributed by atoms with Gasteiger partial charge in [-0.15, -0.1) is 0 Å². The highest BCUT2D eigenvalue weighted by atomic mass is 32.2. The molecule has 0 aliphatic rings. The molecule has 0 aliphatic carbocycles. The average Bonchev–Trinajstić information content (AvgIpc) is 1.84. The number of rotatable bonds is 5. The molecule has 1 atom stereocenters. The van der Waals surface area contributed by atoms with Gasteiger partial charge < -0.3 is 10.2 Å². The second-order valence-corrected chi connectivity index (χ2v) is 3.85. The van der Waals surface area contributed by atoms with Crippen molar-refractivity contribution in [1.82, 2.24) is 0 Å². The van der Waals surface area contributed by atoms with Gasteiger partial charge in [0.15, 0.2) is 5.92 Å². The molecule has 0 aromatic heterocycles. The van der Waals surface area contributed by atoms with E-state index >= 15 is 0 Å². The van der Waals surface area contributed by atoms with Gasteiger partial charge in [-0.05, 0) is 6.42 Å². The standard InChI is InChI=1S/C6H10O5S/c1-12(11)3-2-4(5(7)8)6(9)10/h4H,2-3H2,1H3,(H,7,8)(H,9,10). The lowest BCUT2D eigenvalue weighted by atomic mass is 10.1. The summed E-state index contributed by atoms with van der Waals surface area (Å²) in [5, 5.41) is 16.8. The van der Waals surface area contributed by atoms with Crippen LogP contribution in [0.15, 0.2) is 0 Å². The fourth-order valence-electron chi connectivity index (χ4n) is 0.636. The Hall–Kier alpha value is -0.910. The summed E-state index contributed by atoms with van der Waals surface area (Å²) >= 11 is 0. The molecule has 0 bridgehead atoms. The molecule has 0 saturated heterocycles. The van der Waals surface area contributed by atoms with Crippen molar-refractivity contribution >= 4 is 22.7 Å². The Morgan fingerprint density at radius 3 is 2.00 bits per heavy atom. The second-order valence-electron chi connectivity index (χ2n) is 2.30. The van der Waals surface area contributed by atoms with Gasteiger partial charge in [-0.1, -0.05) is 0 Å². The van der Waals surface area contributed by atoms with Crippen LogP contribution in [0.2, 0.25) is 0 Å². The van der Waals surface area contributed by atoms with Crippen molar-refractivity contribution < 1.29 is 24.0 Å². The zero-order valence-electron chi connectivity index (χ0n) is 6.52. The SMILES string of the molecule is CS(=O)CCC(C(=O)O)C(=O)O. The van der Waals surface area contributed by atoms with Gasteiger partial charge in [0.25, 0.3) is 0 Å². The highest BCUT2D eigenvalue weighted by molar-refractivity contribution is 7.84. The van der Waals surface area contributed by atoms with E-state index in [0.29, 0.717) is 0 Å². The smallest absolute Gasteiger partial charge is 0.317 e. The average molecular weight is 194 g/mol. The monoisotopic (exact) mass is 194 g/mol. The first-order chi connectivity index (χ1) is 5.45. The van der Waals surface area contributed by atoms with Crippen LogP contribution >= 0.6 is 0 Å². The number of carboxylic acids is 2. The Kier molecular flexibility index (Phi) is 4.50. The third-order valence-electron chi connectivity index (χ3n) is 1.29. The normalized spacial score (nSPS) is 12.8. The van der Waals surface area contributed by atoms with Crippen LogP contribution < -0.4 is 0 Å². The summed E-state index contributed by atoms with van der Waals surface area (Å²) in [4.78, 5) is 20.5. The molecule has 0 saturated carbocycles. The quantitative estimate of drug-likeness (QED) is 0.578. The Labute approximate surface area is 71.8 Å². The molecule has 1 unspecified atom stereocenters. The number of hydrogen-bond acceptors (Lipinski definition) is 3. The summed E-state index contributed by atoms with van der Waals surface area (Å²) in [5.41, 5.74) is 0. The molecule has 5 nitrogen and oxygen atoms in total. The molecule has 0 aromatic carbocycles. The fourth-order valence-corrected chi connectivity index (χ4v) is 1.20. The van der Waals surface area contributed by atoms with E-state index in [1.807, 2.05) is 0 Å². The summed E-state index contributed by atoms with van der Waals surface area (Å²) in [6.45, 7) is 0. The van der Waals surface area contributed by atoms with Crippen molar-refractivity contribution in [3.8, 4) is 0 Å². The van der Waals surface area contributed by atoms with Crippen LogP contribution in [-0.4, -0.2) is 38.4 Å². The molecule has 0 aliphatic heterocycles. The lowest BCUT2D eigenvalue weighted by molar-refractivity contribution is -0.154. The van der Waals surface area contributed by atoms with E-state index in [0.717, 1.165) is 0 Å². The molecular weight excluding hydrogens is 184 g/mol. The highest BCUT2D eigenvalue weighted by Crippen LogP contribution is 2.04. The first-order valence-electron chi connectivity index (χ1n) is 3.20. The van der Waals surface area contributed by atoms with Crippen LogP contribution in [0, 0.1) is 5.92 Å². The first kappa shape index (κ1) is 11.1. The largest absolute Gasteiger partial charge is 0.481 e. The van der Waals surface area contributed by atoms with E-state index in [-0.39, 0.29) is 12.2 Å². The number of carboxylic acid groups (broad SMARTS) is 2. The molecule has 2 N–H and O–H groups in total. The van der Waals surface area contributed by atoms with Gasteiger partial charge in [-0.3, -0.25) is 13.8 Å². The molecule has 0 aromatic rings. The molecule has 0 fully saturated rings. The maximum atomic E-state index is 10.5. The van der Waals surface area contributed by atoms with Crippen molar-refractivity contribution in [1.29, 1.82) is 0 Å². The summed E-state index contributed by atoms with van der Waals surface area (Å²) in [5.74, 6) is -4.10. The Balaban J connectivity index is 4.06. The van der Waals surface area contributed by atoms with Gasteiger partial charge in [-0.25, -0.2) is 0 Å². The molecule has 0 rings (SSSR count). The predicted octanol–water partition coefficient (Wildman–Crippen LogP) is -0.460. The molecule has 0 amide bonds. The zero-order valence-corrected chi connectivity index (χ0v) is 7.34. The van der Waals surface area contributed by atoms with Crippen LogP contribution in [0.5, 0.6) is 0 Å². The topological polar surface area (TPSA) is 91.7 Å². The van der Waals surface area contributed by atoms with E-state index in [9.17, 15) is 13.8 Å². The van der Waals surface area contributed by atoms with Crippen molar-refractivity contribution in [2.75, 3.05) is 12.0 Å². The Bertz CT molecular complexity index is 198. The Morgan fingerprint density at radius 2 is 1.75 bits per heavy atom. The highest BCUT2D eigenvalue weighted by Gasteiger charge is 2.25. The van der Waals surface area contributed by atoms with E-state index in [2.05, 4.69) is 0 Å². The van der Waals surface area contributed by atoms with E-state index in [1.165, 1.54) is 6.26 Å². The molecule has 0 spiro atoms. The minimum Gasteiger partial charge on any atom is -0.481 e. The molecule has 0 heterocycles. The van der Waals surface area contributed by atoms with Crippen molar-refractivity contribution in [3.63, 3.8) is 0 Å². The van der Waals surface area contributed by atoms with E-state index < -0.39 is 28.7 Å². The maximum Gasteiger partial charge on any atom is 0.317 e. The first-order valence-corrected chi connectivity index (χ1v) is 4.93. The molecular formula is C6H10O5S. The molecule has 70 valence electrons. The fraction of sp³-hybridized carbons (Fsp3) is 0.667. The lowest BCUT2D eigenvalue weighted by Gasteiger charge is -2.04. The third-order valence-corrected chi connectivity index (χ3v) is 2.10. The number of carbonyl (C=O) groups is 2. The van der Waals surface area contributed by atoms with Crippen LogP contribution in [0.3, 0.4) is 0 Å². The van der Waals surface area contributed by atoms with Crippen LogP contribution in [0.4, 0.5) is 0 Å². The van der Waals surface area contributed by atoms with Gasteiger partial charge in [-0.2, -0.15) is 0 Å². The van der Waals surface area contributed by atoms with Crippen LogP contribution in [0.25, 0.3) is 0 Å². The minimum atomic E-state index is -1.44. The van der Waals surface area contributed by atoms with Crippen molar-refractivity contribution in [2.45, 2.75) is 6.42 Å². The second kappa shape index (κ2) is 4.87. The van der Waals surface area contributed by atoms with E-state index in [4.69, 9.17) is 10.2 Å². The zero-order chi connectivity index (χ0) is 9.72. The van der Waals surface area contributed by atoms with Gasteiger partial charge in [0.1, 0.15) is 0 Å². The van der Waals surface area contributed by atoms with Gasteiger partial charge in [0, 0.05) is 22.8 Å². The molecule has 0 radical (unpaired) electrons. The maximum absolute atomic E-state index is 10.5. The van der Waals surface area contributed by atoms with Gasteiger partial charge in [0.05, 0.1) is 0 Å². The minimum absolute atomic E-state index is 0.0895. The van der Waals surface area contributed by atoms with Crippen LogP contribution in [-0.2, 0) is 20.4 Å². The molecule has 12 heavy (non-hydrogen) atoms. The number of hydrogen-bond donors (Lipinski definition) is 2. The summed E-state index contributed by atoms with van der Waals surface area (Å²) in [6, 6.07) is 0. The summed E-state index contributed by atoms with van der Waals surface area (Å²) in [6.07, 6.45) is 1.31. The summed E-state index contributed by atoms with van der Waals surface area (Å²) < 4.78 is 10.5. The predicted molar refractivity (Wildman–Crippen MR) is 42.3 cm³/mol. The lowest BCUT2D eigenvalue weighted by Crippen LogP contribution is -2.24. The van der Waals surface area contributed by atoms with Crippen LogP contribution in [0.1, 0.15) is 6.42 Å². The molecule has 6 heteroatoms. The van der Waals surface area contributed by atoms with Gasteiger partial charge in [0.2, 0.25) is 0 Å². The Morgan fingerprint density at radius 1 is 1.33 bits per heavy atom. The number of aliphatic carboxylic acids is 2. The summed E-state index contributed by atoms with van der Waals surface area (Å²) in [7, 11) is -1.15. The third kappa shape index (κ3) is 4.07. The van der Waals surface area contributed by atoms with Crippen molar-refractivity contribution in [2.24, 2.45) is 5.92 Å².